The van der Waals surface area contributed by atoms with Gasteiger partial charge in [-0.05, 0) is 71.6 Å². The lowest BCUT2D eigenvalue weighted by Crippen LogP contribution is -1.94. The minimum Gasteiger partial charge on any atom is -0.355 e. The van der Waals surface area contributed by atoms with Gasteiger partial charge in [0.2, 0.25) is 0 Å². The van der Waals surface area contributed by atoms with E-state index in [9.17, 15) is 0 Å². The highest BCUT2D eigenvalue weighted by Gasteiger charge is 2.11. The van der Waals surface area contributed by atoms with Gasteiger partial charge in [-0.2, -0.15) is 0 Å². The summed E-state index contributed by atoms with van der Waals surface area (Å²) in [7, 11) is 0. The van der Waals surface area contributed by atoms with Crippen LogP contribution < -0.4 is 5.32 Å². The van der Waals surface area contributed by atoms with Crippen molar-refractivity contribution in [2.45, 2.75) is 6.92 Å². The number of rotatable bonds is 7. The van der Waals surface area contributed by atoms with Crippen LogP contribution in [0.2, 0.25) is 0 Å². The Labute approximate surface area is 252 Å². The largest absolute Gasteiger partial charge is 0.355 e. The molecule has 0 spiro atoms. The van der Waals surface area contributed by atoms with Gasteiger partial charge in [-0.15, -0.1) is 0 Å². The highest BCUT2D eigenvalue weighted by molar-refractivity contribution is 6.09. The Morgan fingerprint density at radius 2 is 1.00 bits per heavy atom. The number of aryl methyl sites for hydroxylation is 1. The Balaban J connectivity index is 1.03. The molecular weight excluding hydrogens is 520 g/mol. The monoisotopic (exact) mass is 552 g/mol. The molecule has 0 saturated heterocycles. The first-order chi connectivity index (χ1) is 21.2. The summed E-state index contributed by atoms with van der Waals surface area (Å²) >= 11 is 0. The zero-order chi connectivity index (χ0) is 29.0. The maximum absolute atomic E-state index is 3.61. The van der Waals surface area contributed by atoms with Gasteiger partial charge in [-0.25, -0.2) is 0 Å². The van der Waals surface area contributed by atoms with Gasteiger partial charge in [0.15, 0.2) is 0 Å². The van der Waals surface area contributed by atoms with E-state index in [2.05, 4.69) is 187 Å². The molecular formula is C41H32N2. The number of hydrogen-bond acceptors (Lipinski definition) is 1. The zero-order valence-electron chi connectivity index (χ0n) is 24.1. The van der Waals surface area contributed by atoms with Crippen molar-refractivity contribution in [3.05, 3.63) is 174 Å². The first-order valence-electron chi connectivity index (χ1n) is 14.7. The number of fused-ring (bicyclic) bond motifs is 3. The zero-order valence-corrected chi connectivity index (χ0v) is 24.1. The fourth-order valence-corrected chi connectivity index (χ4v) is 5.80. The van der Waals surface area contributed by atoms with Crippen LogP contribution in [-0.4, -0.2) is 4.57 Å². The van der Waals surface area contributed by atoms with E-state index in [1.807, 2.05) is 0 Å². The Bertz CT molecular complexity index is 2040. The number of nitrogens with one attached hydrogen (secondary N) is 1. The minimum absolute atomic E-state index is 1.07. The maximum atomic E-state index is 3.61. The molecule has 0 saturated carbocycles. The lowest BCUT2D eigenvalue weighted by molar-refractivity contribution is 1.18. The minimum atomic E-state index is 1.07. The summed E-state index contributed by atoms with van der Waals surface area (Å²) in [5.74, 6) is 0. The van der Waals surface area contributed by atoms with E-state index in [0.29, 0.717) is 0 Å². The Morgan fingerprint density at radius 1 is 0.488 bits per heavy atom. The van der Waals surface area contributed by atoms with Gasteiger partial charge in [-0.1, -0.05) is 127 Å². The van der Waals surface area contributed by atoms with E-state index in [0.717, 1.165) is 16.9 Å². The molecule has 206 valence electrons. The second-order valence-corrected chi connectivity index (χ2v) is 10.8. The van der Waals surface area contributed by atoms with Gasteiger partial charge >= 0.3 is 0 Å². The fourth-order valence-electron chi connectivity index (χ4n) is 5.80. The third-order valence-electron chi connectivity index (χ3n) is 7.97. The second-order valence-electron chi connectivity index (χ2n) is 10.8. The van der Waals surface area contributed by atoms with Crippen molar-refractivity contribution in [2.24, 2.45) is 0 Å². The molecule has 0 bridgehead atoms. The quantitative estimate of drug-likeness (QED) is 0.195. The smallest absolute Gasteiger partial charge is 0.0541 e. The molecule has 0 aliphatic carbocycles. The molecule has 0 amide bonds. The van der Waals surface area contributed by atoms with E-state index in [1.54, 1.807) is 0 Å². The van der Waals surface area contributed by atoms with Crippen LogP contribution in [0.3, 0.4) is 0 Å². The number of benzene rings is 6. The van der Waals surface area contributed by atoms with E-state index in [4.69, 9.17) is 0 Å². The first kappa shape index (κ1) is 26.3. The van der Waals surface area contributed by atoms with Crippen LogP contribution >= 0.6 is 0 Å². The summed E-state index contributed by atoms with van der Waals surface area (Å²) in [5, 5.41) is 6.17. The van der Waals surface area contributed by atoms with Crippen LogP contribution in [0.4, 0.5) is 11.4 Å². The number of aromatic nitrogens is 1. The Morgan fingerprint density at radius 3 is 1.63 bits per heavy atom. The number of hydrogen-bond donors (Lipinski definition) is 1. The predicted molar refractivity (Wildman–Crippen MR) is 185 cm³/mol. The van der Waals surface area contributed by atoms with Crippen LogP contribution in [-0.2, 0) is 0 Å². The van der Waals surface area contributed by atoms with Gasteiger partial charge in [-0.3, -0.25) is 0 Å². The topological polar surface area (TPSA) is 17.0 Å². The summed E-state index contributed by atoms with van der Waals surface area (Å²) in [5.41, 5.74) is 11.8. The number of allylic oxidation sites excluding steroid dienone is 2. The summed E-state index contributed by atoms with van der Waals surface area (Å²) < 4.78 is 2.35. The molecule has 43 heavy (non-hydrogen) atoms. The van der Waals surface area contributed by atoms with Crippen LogP contribution in [0.15, 0.2) is 158 Å². The SMILES string of the molecule is Cc1ccccc1-c1ccccc1Nc1ccc(C=CC=Cc2ccc(-n3c4ccccc4c4ccccc43)cc2)cc1. The average Bonchev–Trinajstić information content (AvgIpc) is 3.39. The van der Waals surface area contributed by atoms with Crippen LogP contribution in [0, 0.1) is 6.92 Å². The lowest BCUT2D eigenvalue weighted by Gasteiger charge is -2.14. The predicted octanol–water partition coefficient (Wildman–Crippen LogP) is 11.2. The number of anilines is 2. The molecule has 0 aliphatic rings. The second kappa shape index (κ2) is 11.7. The van der Waals surface area contributed by atoms with Crippen molar-refractivity contribution >= 4 is 45.3 Å². The molecule has 1 heterocycles. The van der Waals surface area contributed by atoms with Crippen molar-refractivity contribution in [3.63, 3.8) is 0 Å². The molecule has 7 rings (SSSR count). The Hall–Kier alpha value is -5.60. The third kappa shape index (κ3) is 5.39. The van der Waals surface area contributed by atoms with Gasteiger partial charge in [0.25, 0.3) is 0 Å². The maximum Gasteiger partial charge on any atom is 0.0541 e. The van der Waals surface area contributed by atoms with Gasteiger partial charge in [0.05, 0.1) is 11.0 Å². The van der Waals surface area contributed by atoms with Gasteiger partial charge in [0.1, 0.15) is 0 Å². The van der Waals surface area contributed by atoms with Gasteiger partial charge < -0.3 is 9.88 Å². The van der Waals surface area contributed by atoms with Crippen molar-refractivity contribution in [3.8, 4) is 16.8 Å². The van der Waals surface area contributed by atoms with Crippen LogP contribution in [0.25, 0.3) is 50.8 Å². The van der Waals surface area contributed by atoms with Crippen molar-refractivity contribution in [1.29, 1.82) is 0 Å². The molecule has 1 N–H and O–H groups in total. The van der Waals surface area contributed by atoms with Crippen molar-refractivity contribution < 1.29 is 0 Å². The van der Waals surface area contributed by atoms with Crippen LogP contribution in [0.1, 0.15) is 16.7 Å². The summed E-state index contributed by atoms with van der Waals surface area (Å²) in [6, 6.07) is 51.5. The van der Waals surface area contributed by atoms with Gasteiger partial charge in [0, 0.05) is 33.4 Å². The third-order valence-corrected chi connectivity index (χ3v) is 7.97. The highest BCUT2D eigenvalue weighted by Crippen LogP contribution is 2.33. The molecule has 0 fully saturated rings. The summed E-state index contributed by atoms with van der Waals surface area (Å²) in [6.45, 7) is 2.16. The molecule has 2 heteroatoms. The van der Waals surface area contributed by atoms with Crippen LogP contribution in [0.5, 0.6) is 0 Å². The summed E-state index contributed by atoms with van der Waals surface area (Å²) in [6.07, 6.45) is 8.47. The standard InChI is InChI=1S/C41H32N2/c1-30-12-2-5-15-35(30)36-16-6-9-19-39(36)42-33-26-22-31(23-27-33)13-3-4-14-32-24-28-34(29-25-32)43-40-20-10-7-17-37(40)38-18-8-11-21-41(38)43/h2-29,42H,1H3. The van der Waals surface area contributed by atoms with E-state index >= 15 is 0 Å². The normalized spacial score (nSPS) is 11.7. The molecule has 6 aromatic carbocycles. The molecule has 0 aliphatic heterocycles. The molecule has 0 unspecified atom stereocenters. The van der Waals surface area contributed by atoms with E-state index in [-0.39, 0.29) is 0 Å². The fraction of sp³-hybridized carbons (Fsp3) is 0.0244. The number of nitrogens with zero attached hydrogens (tertiary/aromatic N) is 1. The van der Waals surface area contributed by atoms with Crippen molar-refractivity contribution in [2.75, 3.05) is 5.32 Å². The Kier molecular flexibility index (Phi) is 7.17. The molecule has 0 radical (unpaired) electrons. The summed E-state index contributed by atoms with van der Waals surface area (Å²) in [4.78, 5) is 0. The van der Waals surface area contributed by atoms with Crippen molar-refractivity contribution in [1.82, 2.24) is 4.57 Å². The van der Waals surface area contributed by atoms with E-state index < -0.39 is 0 Å². The van der Waals surface area contributed by atoms with E-state index in [1.165, 1.54) is 49.7 Å². The molecule has 7 aromatic rings. The first-order valence-corrected chi connectivity index (χ1v) is 14.7. The molecule has 1 aromatic heterocycles. The average molecular weight is 553 g/mol. The molecule has 0 atom stereocenters. The number of para-hydroxylation sites is 3. The lowest BCUT2D eigenvalue weighted by atomic mass is 9.99. The highest BCUT2D eigenvalue weighted by atomic mass is 15.0. The molecule has 2 nitrogen and oxygen atoms in total.